The number of amides is 1. The van der Waals surface area contributed by atoms with Gasteiger partial charge in [-0.1, -0.05) is 0 Å². The standard InChI is InChI=1S/C16H24N2O3/c1-10-6-5-7-11(2)18(10)16(19)13-8-12(20-3)9-14(21-4)15(13)17/h8-11H,5-7,17H2,1-4H3. The summed E-state index contributed by atoms with van der Waals surface area (Å²) < 4.78 is 10.5. The van der Waals surface area contributed by atoms with E-state index in [-0.39, 0.29) is 18.0 Å². The third-order valence-electron chi connectivity index (χ3n) is 4.23. The molecule has 2 N–H and O–H groups in total. The van der Waals surface area contributed by atoms with E-state index in [2.05, 4.69) is 13.8 Å². The Balaban J connectivity index is 2.42. The van der Waals surface area contributed by atoms with Crippen molar-refractivity contribution in [1.82, 2.24) is 4.90 Å². The van der Waals surface area contributed by atoms with Gasteiger partial charge < -0.3 is 20.1 Å². The summed E-state index contributed by atoms with van der Waals surface area (Å²) >= 11 is 0. The number of carbonyl (C=O) groups excluding carboxylic acids is 1. The highest BCUT2D eigenvalue weighted by atomic mass is 16.5. The van der Waals surface area contributed by atoms with Gasteiger partial charge in [-0.25, -0.2) is 0 Å². The van der Waals surface area contributed by atoms with Gasteiger partial charge in [0.25, 0.3) is 5.91 Å². The van der Waals surface area contributed by atoms with Gasteiger partial charge >= 0.3 is 0 Å². The van der Waals surface area contributed by atoms with Crippen molar-refractivity contribution in [2.45, 2.75) is 45.2 Å². The number of nitrogen functional groups attached to an aromatic ring is 1. The van der Waals surface area contributed by atoms with E-state index in [4.69, 9.17) is 15.2 Å². The number of carbonyl (C=O) groups is 1. The molecule has 1 fully saturated rings. The number of likely N-dealkylation sites (tertiary alicyclic amines) is 1. The fraction of sp³-hybridized carbons (Fsp3) is 0.562. The fourth-order valence-corrected chi connectivity index (χ4v) is 3.03. The number of hydrogen-bond acceptors (Lipinski definition) is 4. The van der Waals surface area contributed by atoms with Crippen LogP contribution in [-0.2, 0) is 0 Å². The second kappa shape index (κ2) is 6.24. The molecule has 2 unspecified atom stereocenters. The molecule has 21 heavy (non-hydrogen) atoms. The lowest BCUT2D eigenvalue weighted by molar-refractivity contribution is 0.0511. The zero-order valence-corrected chi connectivity index (χ0v) is 13.2. The van der Waals surface area contributed by atoms with Crippen molar-refractivity contribution < 1.29 is 14.3 Å². The summed E-state index contributed by atoms with van der Waals surface area (Å²) in [5, 5.41) is 0. The van der Waals surface area contributed by atoms with Crippen LogP contribution in [0.1, 0.15) is 43.5 Å². The predicted octanol–water partition coefficient (Wildman–Crippen LogP) is 2.69. The first kappa shape index (κ1) is 15.5. The predicted molar refractivity (Wildman–Crippen MR) is 82.9 cm³/mol. The van der Waals surface area contributed by atoms with Crippen LogP contribution in [0.15, 0.2) is 12.1 Å². The molecule has 1 aliphatic rings. The average molecular weight is 292 g/mol. The van der Waals surface area contributed by atoms with Gasteiger partial charge in [0.05, 0.1) is 25.5 Å². The Morgan fingerprint density at radius 3 is 2.33 bits per heavy atom. The highest BCUT2D eigenvalue weighted by molar-refractivity contribution is 6.01. The van der Waals surface area contributed by atoms with Crippen molar-refractivity contribution in [2.24, 2.45) is 0 Å². The van der Waals surface area contributed by atoms with E-state index >= 15 is 0 Å². The van der Waals surface area contributed by atoms with E-state index in [0.717, 1.165) is 19.3 Å². The minimum absolute atomic E-state index is 0.0515. The van der Waals surface area contributed by atoms with E-state index in [1.807, 2.05) is 4.90 Å². The van der Waals surface area contributed by atoms with Crippen LogP contribution in [0.4, 0.5) is 5.69 Å². The molecule has 1 aliphatic heterocycles. The third kappa shape index (κ3) is 2.91. The largest absolute Gasteiger partial charge is 0.497 e. The second-order valence-corrected chi connectivity index (χ2v) is 5.63. The Labute approximate surface area is 126 Å². The maximum Gasteiger partial charge on any atom is 0.256 e. The monoisotopic (exact) mass is 292 g/mol. The molecule has 2 rings (SSSR count). The summed E-state index contributed by atoms with van der Waals surface area (Å²) in [5.74, 6) is 0.987. The van der Waals surface area contributed by atoms with Gasteiger partial charge in [-0.15, -0.1) is 0 Å². The maximum absolute atomic E-state index is 12.9. The lowest BCUT2D eigenvalue weighted by atomic mass is 9.96. The first-order valence-corrected chi connectivity index (χ1v) is 7.33. The highest BCUT2D eigenvalue weighted by Gasteiger charge is 2.31. The molecule has 5 nitrogen and oxygen atoms in total. The van der Waals surface area contributed by atoms with Gasteiger partial charge in [0.1, 0.15) is 11.5 Å². The number of nitrogens with two attached hydrogens (primary N) is 1. The number of ether oxygens (including phenoxy) is 2. The molecule has 1 saturated heterocycles. The molecule has 0 spiro atoms. The zero-order chi connectivity index (χ0) is 15.6. The van der Waals surface area contributed by atoms with E-state index in [1.165, 1.54) is 7.11 Å². The van der Waals surface area contributed by atoms with Crippen molar-refractivity contribution in [3.63, 3.8) is 0 Å². The first-order chi connectivity index (χ1) is 9.99. The topological polar surface area (TPSA) is 64.8 Å². The van der Waals surface area contributed by atoms with Crippen LogP contribution >= 0.6 is 0 Å². The summed E-state index contributed by atoms with van der Waals surface area (Å²) in [5.41, 5.74) is 6.91. The zero-order valence-electron chi connectivity index (χ0n) is 13.2. The Bertz CT molecular complexity index is 520. The van der Waals surface area contributed by atoms with Gasteiger partial charge in [0.15, 0.2) is 0 Å². The molecule has 5 heteroatoms. The molecular formula is C16H24N2O3. The van der Waals surface area contributed by atoms with Crippen LogP contribution in [0.3, 0.4) is 0 Å². The van der Waals surface area contributed by atoms with Crippen LogP contribution in [0, 0.1) is 0 Å². The van der Waals surface area contributed by atoms with E-state index in [9.17, 15) is 4.79 Å². The molecule has 116 valence electrons. The van der Waals surface area contributed by atoms with Crippen molar-refractivity contribution in [2.75, 3.05) is 20.0 Å². The van der Waals surface area contributed by atoms with Crippen LogP contribution in [0.5, 0.6) is 11.5 Å². The third-order valence-corrected chi connectivity index (χ3v) is 4.23. The lowest BCUT2D eigenvalue weighted by Gasteiger charge is -2.39. The summed E-state index contributed by atoms with van der Waals surface area (Å²) in [6.45, 7) is 4.17. The van der Waals surface area contributed by atoms with Gasteiger partial charge in [-0.2, -0.15) is 0 Å². The van der Waals surface area contributed by atoms with Crippen LogP contribution in [-0.4, -0.2) is 37.1 Å². The number of hydrogen-bond donors (Lipinski definition) is 1. The molecule has 0 aromatic heterocycles. The number of piperidine rings is 1. The fourth-order valence-electron chi connectivity index (χ4n) is 3.03. The normalized spacial score (nSPS) is 22.0. The van der Waals surface area contributed by atoms with E-state index < -0.39 is 0 Å². The van der Waals surface area contributed by atoms with Gasteiger partial charge in [0.2, 0.25) is 0 Å². The number of methoxy groups -OCH3 is 2. The summed E-state index contributed by atoms with van der Waals surface area (Å²) in [7, 11) is 3.09. The molecule has 0 bridgehead atoms. The van der Waals surface area contributed by atoms with E-state index in [0.29, 0.717) is 22.7 Å². The van der Waals surface area contributed by atoms with E-state index in [1.54, 1.807) is 19.2 Å². The quantitative estimate of drug-likeness (QED) is 0.870. The molecule has 1 aromatic rings. The Morgan fingerprint density at radius 1 is 1.19 bits per heavy atom. The summed E-state index contributed by atoms with van der Waals surface area (Å²) in [6, 6.07) is 3.82. The minimum Gasteiger partial charge on any atom is -0.497 e. The Morgan fingerprint density at radius 2 is 1.81 bits per heavy atom. The van der Waals surface area contributed by atoms with Crippen molar-refractivity contribution >= 4 is 11.6 Å². The Kier molecular flexibility index (Phi) is 4.60. The molecular weight excluding hydrogens is 268 g/mol. The van der Waals surface area contributed by atoms with Crippen LogP contribution in [0.25, 0.3) is 0 Å². The first-order valence-electron chi connectivity index (χ1n) is 7.33. The molecule has 1 aromatic carbocycles. The number of nitrogens with zero attached hydrogens (tertiary/aromatic N) is 1. The average Bonchev–Trinajstić information content (AvgIpc) is 2.47. The van der Waals surface area contributed by atoms with Gasteiger partial charge in [-0.3, -0.25) is 4.79 Å². The van der Waals surface area contributed by atoms with Gasteiger partial charge in [0, 0.05) is 18.2 Å². The maximum atomic E-state index is 12.9. The smallest absolute Gasteiger partial charge is 0.256 e. The molecule has 0 saturated carbocycles. The minimum atomic E-state index is -0.0515. The molecule has 1 heterocycles. The van der Waals surface area contributed by atoms with Crippen molar-refractivity contribution in [3.8, 4) is 11.5 Å². The molecule has 0 aliphatic carbocycles. The summed E-state index contributed by atoms with van der Waals surface area (Å²) in [6.07, 6.45) is 3.21. The SMILES string of the molecule is COc1cc(OC)c(N)c(C(=O)N2C(C)CCCC2C)c1. The van der Waals surface area contributed by atoms with Crippen LogP contribution < -0.4 is 15.2 Å². The van der Waals surface area contributed by atoms with Gasteiger partial charge in [-0.05, 0) is 39.2 Å². The number of anilines is 1. The molecule has 1 amide bonds. The number of rotatable bonds is 3. The highest BCUT2D eigenvalue weighted by Crippen LogP contribution is 2.34. The second-order valence-electron chi connectivity index (χ2n) is 5.63. The van der Waals surface area contributed by atoms with Crippen molar-refractivity contribution in [1.29, 1.82) is 0 Å². The summed E-state index contributed by atoms with van der Waals surface area (Å²) in [4.78, 5) is 14.8. The Hall–Kier alpha value is -1.91. The molecule has 2 atom stereocenters. The molecule has 0 radical (unpaired) electrons. The van der Waals surface area contributed by atoms with Crippen molar-refractivity contribution in [3.05, 3.63) is 17.7 Å². The number of benzene rings is 1. The van der Waals surface area contributed by atoms with Crippen LogP contribution in [0.2, 0.25) is 0 Å². The lowest BCUT2D eigenvalue weighted by Crippen LogP contribution is -2.47.